The average molecular weight is 267 g/mol. The van der Waals surface area contributed by atoms with Gasteiger partial charge in [0.25, 0.3) is 0 Å². The van der Waals surface area contributed by atoms with Gasteiger partial charge in [0, 0.05) is 18.7 Å². The Balaban J connectivity index is 2.08. The fourth-order valence-electron chi connectivity index (χ4n) is 1.92. The molecule has 4 nitrogen and oxygen atoms in total. The lowest BCUT2D eigenvalue weighted by Gasteiger charge is -2.25. The van der Waals surface area contributed by atoms with Crippen molar-refractivity contribution < 1.29 is 14.3 Å². The van der Waals surface area contributed by atoms with Crippen molar-refractivity contribution in [2.75, 3.05) is 31.7 Å². The fourth-order valence-corrected chi connectivity index (χ4v) is 3.92. The van der Waals surface area contributed by atoms with Crippen molar-refractivity contribution >= 4 is 22.0 Å². The largest absolute Gasteiger partial charge is 0.465 e. The zero-order valence-electron chi connectivity index (χ0n) is 10.3. The Morgan fingerprint density at radius 1 is 1.11 bits per heavy atom. The second-order valence-corrected chi connectivity index (χ2v) is 6.49. The van der Waals surface area contributed by atoms with E-state index in [4.69, 9.17) is 0 Å². The number of esters is 1. The van der Waals surface area contributed by atoms with Gasteiger partial charge in [0.05, 0.1) is 12.7 Å². The Labute approximate surface area is 109 Å². The van der Waals surface area contributed by atoms with Crippen LogP contribution in [0.5, 0.6) is 0 Å². The molecule has 18 heavy (non-hydrogen) atoms. The first-order chi connectivity index (χ1) is 8.72. The molecule has 1 fully saturated rings. The molecule has 1 aromatic rings. The lowest BCUT2D eigenvalue weighted by atomic mass is 10.1. The predicted octanol–water partition coefficient (Wildman–Crippen LogP) is 1.22. The molecule has 1 aromatic carbocycles. The number of ether oxygens (including phenoxy) is 1. The highest BCUT2D eigenvalue weighted by Crippen LogP contribution is 2.30. The van der Waals surface area contributed by atoms with Crippen LogP contribution < -0.4 is 5.32 Å². The van der Waals surface area contributed by atoms with E-state index in [1.54, 1.807) is 24.3 Å². The summed E-state index contributed by atoms with van der Waals surface area (Å²) in [5, 5.41) is 3.49. The van der Waals surface area contributed by atoms with Gasteiger partial charge in [-0.25, -0.2) is 4.79 Å². The van der Waals surface area contributed by atoms with Gasteiger partial charge in [0.15, 0.2) is 5.12 Å². The van der Waals surface area contributed by atoms with Crippen molar-refractivity contribution in [2.45, 2.75) is 0 Å². The van der Waals surface area contributed by atoms with E-state index < -0.39 is 10.9 Å². The highest BCUT2D eigenvalue weighted by Gasteiger charge is 2.18. The molecule has 0 aliphatic carbocycles. The summed E-state index contributed by atoms with van der Waals surface area (Å²) in [4.78, 5) is 23.5. The number of rotatable bonds is 2. The maximum atomic E-state index is 12.2. The minimum absolute atomic E-state index is 0.239. The van der Waals surface area contributed by atoms with Crippen molar-refractivity contribution in [3.8, 4) is 0 Å². The van der Waals surface area contributed by atoms with Gasteiger partial charge in [-0.15, -0.1) is 0 Å². The highest BCUT2D eigenvalue weighted by atomic mass is 32.2. The van der Waals surface area contributed by atoms with Gasteiger partial charge in [-0.05, 0) is 35.8 Å². The molecule has 0 aromatic heterocycles. The van der Waals surface area contributed by atoms with Crippen LogP contribution >= 0.6 is 10.9 Å². The number of hydrogen-bond acceptors (Lipinski definition) is 4. The maximum absolute atomic E-state index is 12.2. The van der Waals surface area contributed by atoms with Gasteiger partial charge in [-0.3, -0.25) is 4.79 Å². The number of carbonyl (C=O) groups is 2. The Hall–Kier alpha value is -1.33. The van der Waals surface area contributed by atoms with Gasteiger partial charge in [-0.1, -0.05) is 0 Å². The summed E-state index contributed by atoms with van der Waals surface area (Å²) >= 11 is 0. The Bertz CT molecular complexity index is 438. The molecule has 1 aliphatic rings. The second-order valence-electron chi connectivity index (χ2n) is 4.11. The van der Waals surface area contributed by atoms with Crippen LogP contribution in [-0.4, -0.2) is 42.8 Å². The quantitative estimate of drug-likeness (QED) is 0.625. The lowest BCUT2D eigenvalue weighted by Crippen LogP contribution is -2.30. The van der Waals surface area contributed by atoms with E-state index in [0.29, 0.717) is 11.1 Å². The number of hydrogen-bond donors (Lipinski definition) is 2. The van der Waals surface area contributed by atoms with Crippen LogP contribution in [0.15, 0.2) is 24.3 Å². The standard InChI is InChI=1S/C13H17NO3S/c1-17-12(15)10-2-4-11(5-3-10)13(16)18-8-6-14-7-9-18/h2-5,14,18H,6-9H2,1H3. The molecular formula is C13H17NO3S. The summed E-state index contributed by atoms with van der Waals surface area (Å²) in [6.45, 7) is 1.86. The normalized spacial score (nSPS) is 17.3. The van der Waals surface area contributed by atoms with Gasteiger partial charge < -0.3 is 10.1 Å². The number of thiol groups is 1. The highest BCUT2D eigenvalue weighted by molar-refractivity contribution is 8.30. The first-order valence-electron chi connectivity index (χ1n) is 5.91. The van der Waals surface area contributed by atoms with Crippen molar-refractivity contribution in [1.29, 1.82) is 0 Å². The maximum Gasteiger partial charge on any atom is 0.337 e. The monoisotopic (exact) mass is 267 g/mol. The van der Waals surface area contributed by atoms with Crippen LogP contribution in [0.3, 0.4) is 0 Å². The third kappa shape index (κ3) is 2.91. The van der Waals surface area contributed by atoms with Crippen LogP contribution in [0.1, 0.15) is 20.7 Å². The smallest absolute Gasteiger partial charge is 0.337 e. The van der Waals surface area contributed by atoms with E-state index in [0.717, 1.165) is 24.6 Å². The van der Waals surface area contributed by atoms with Gasteiger partial charge in [0.1, 0.15) is 0 Å². The number of nitrogens with one attached hydrogen (secondary N) is 1. The summed E-state index contributed by atoms with van der Waals surface area (Å²) < 4.78 is 4.62. The first-order valence-corrected chi connectivity index (χ1v) is 7.62. The summed E-state index contributed by atoms with van der Waals surface area (Å²) in [7, 11) is 0.791. The molecule has 0 atom stereocenters. The molecule has 1 saturated heterocycles. The molecule has 1 aliphatic heterocycles. The van der Waals surface area contributed by atoms with E-state index in [1.165, 1.54) is 7.11 Å². The van der Waals surface area contributed by atoms with E-state index in [2.05, 4.69) is 10.1 Å². The van der Waals surface area contributed by atoms with E-state index in [1.807, 2.05) is 0 Å². The molecule has 5 heteroatoms. The number of carbonyl (C=O) groups excluding carboxylic acids is 2. The first kappa shape index (κ1) is 13.1. The molecule has 0 radical (unpaired) electrons. The van der Waals surface area contributed by atoms with Crippen molar-refractivity contribution in [3.63, 3.8) is 0 Å². The van der Waals surface area contributed by atoms with E-state index in [-0.39, 0.29) is 11.1 Å². The summed E-state index contributed by atoms with van der Waals surface area (Å²) in [6.07, 6.45) is 0. The van der Waals surface area contributed by atoms with Crippen molar-refractivity contribution in [1.82, 2.24) is 5.32 Å². The molecule has 98 valence electrons. The molecule has 1 N–H and O–H groups in total. The van der Waals surface area contributed by atoms with Crippen LogP contribution in [0.2, 0.25) is 0 Å². The zero-order chi connectivity index (χ0) is 13.0. The third-order valence-electron chi connectivity index (χ3n) is 2.96. The summed E-state index contributed by atoms with van der Waals surface area (Å²) in [5.41, 5.74) is 1.18. The minimum Gasteiger partial charge on any atom is -0.465 e. The average Bonchev–Trinajstić information content (AvgIpc) is 2.47. The molecule has 1 heterocycles. The number of methoxy groups -OCH3 is 1. The summed E-state index contributed by atoms with van der Waals surface area (Å²) in [6, 6.07) is 6.74. The molecule has 0 unspecified atom stereocenters. The van der Waals surface area contributed by atoms with Crippen LogP contribution in [-0.2, 0) is 4.74 Å². The molecule has 0 spiro atoms. The zero-order valence-corrected chi connectivity index (χ0v) is 11.2. The van der Waals surface area contributed by atoms with E-state index >= 15 is 0 Å². The Morgan fingerprint density at radius 2 is 1.67 bits per heavy atom. The second kappa shape index (κ2) is 6.02. The third-order valence-corrected chi connectivity index (χ3v) is 5.32. The molecule has 0 bridgehead atoms. The van der Waals surface area contributed by atoms with Crippen LogP contribution in [0.4, 0.5) is 0 Å². The number of benzene rings is 1. The fraction of sp³-hybridized carbons (Fsp3) is 0.385. The lowest BCUT2D eigenvalue weighted by molar-refractivity contribution is 0.0600. The van der Waals surface area contributed by atoms with Crippen LogP contribution in [0, 0.1) is 0 Å². The molecular weight excluding hydrogens is 250 g/mol. The SMILES string of the molecule is COC(=O)c1ccc(C(=O)[SH]2CCNCC2)cc1. The molecule has 2 rings (SSSR count). The van der Waals surface area contributed by atoms with Gasteiger partial charge >= 0.3 is 5.97 Å². The molecule has 0 amide bonds. The van der Waals surface area contributed by atoms with Crippen molar-refractivity contribution in [3.05, 3.63) is 35.4 Å². The van der Waals surface area contributed by atoms with Gasteiger partial charge in [-0.2, -0.15) is 10.9 Å². The van der Waals surface area contributed by atoms with Crippen molar-refractivity contribution in [2.24, 2.45) is 0 Å². The summed E-state index contributed by atoms with van der Waals surface area (Å²) in [5.74, 6) is 1.53. The van der Waals surface area contributed by atoms with Crippen LogP contribution in [0.25, 0.3) is 0 Å². The Kier molecular flexibility index (Phi) is 4.38. The predicted molar refractivity (Wildman–Crippen MR) is 73.7 cm³/mol. The molecule has 0 saturated carbocycles. The van der Waals surface area contributed by atoms with Gasteiger partial charge in [0.2, 0.25) is 0 Å². The van der Waals surface area contributed by atoms with E-state index in [9.17, 15) is 9.59 Å². The topological polar surface area (TPSA) is 55.4 Å². The Morgan fingerprint density at radius 3 is 2.22 bits per heavy atom. The minimum atomic E-state index is -0.555.